The standard InChI is InChI=1S/C9H20N2O/c1-5-8(9(10)12)11(4)6-7(2)3/h7-8H,5-6H2,1-4H3,(H2,10,12). The number of carbonyl (C=O) groups excluding carboxylic acids is 1. The fourth-order valence-electron chi connectivity index (χ4n) is 1.43. The number of nitrogens with zero attached hydrogens (tertiary/aromatic N) is 1. The number of nitrogens with two attached hydrogens (primary N) is 1. The number of primary amides is 1. The van der Waals surface area contributed by atoms with Crippen molar-refractivity contribution in [3.05, 3.63) is 0 Å². The van der Waals surface area contributed by atoms with Crippen molar-refractivity contribution in [2.75, 3.05) is 13.6 Å². The third-order valence-corrected chi connectivity index (χ3v) is 1.90. The van der Waals surface area contributed by atoms with Crippen LogP contribution in [0.1, 0.15) is 27.2 Å². The van der Waals surface area contributed by atoms with Gasteiger partial charge >= 0.3 is 0 Å². The van der Waals surface area contributed by atoms with Gasteiger partial charge in [0, 0.05) is 6.54 Å². The Morgan fingerprint density at radius 1 is 1.50 bits per heavy atom. The van der Waals surface area contributed by atoms with Crippen molar-refractivity contribution < 1.29 is 4.79 Å². The Labute approximate surface area is 74.9 Å². The summed E-state index contributed by atoms with van der Waals surface area (Å²) in [7, 11) is 1.94. The minimum Gasteiger partial charge on any atom is -0.368 e. The van der Waals surface area contributed by atoms with Gasteiger partial charge in [-0.2, -0.15) is 0 Å². The summed E-state index contributed by atoms with van der Waals surface area (Å²) >= 11 is 0. The van der Waals surface area contributed by atoms with E-state index in [9.17, 15) is 4.79 Å². The topological polar surface area (TPSA) is 46.3 Å². The molecule has 1 atom stereocenters. The van der Waals surface area contributed by atoms with Crippen LogP contribution in [0.15, 0.2) is 0 Å². The predicted molar refractivity (Wildman–Crippen MR) is 50.7 cm³/mol. The van der Waals surface area contributed by atoms with E-state index in [1.807, 2.05) is 18.9 Å². The molecule has 0 fully saturated rings. The smallest absolute Gasteiger partial charge is 0.234 e. The molecule has 0 aromatic rings. The Kier molecular flexibility index (Phi) is 4.90. The molecule has 3 nitrogen and oxygen atoms in total. The van der Waals surface area contributed by atoms with Crippen LogP contribution in [-0.4, -0.2) is 30.4 Å². The molecular formula is C9H20N2O. The van der Waals surface area contributed by atoms with E-state index in [1.54, 1.807) is 0 Å². The van der Waals surface area contributed by atoms with Crippen LogP contribution in [0.4, 0.5) is 0 Å². The molecule has 0 aliphatic carbocycles. The number of amides is 1. The summed E-state index contributed by atoms with van der Waals surface area (Å²) in [5, 5.41) is 0. The highest BCUT2D eigenvalue weighted by molar-refractivity contribution is 5.79. The van der Waals surface area contributed by atoms with E-state index >= 15 is 0 Å². The second kappa shape index (κ2) is 5.14. The summed E-state index contributed by atoms with van der Waals surface area (Å²) in [6.45, 7) is 7.15. The third-order valence-electron chi connectivity index (χ3n) is 1.90. The summed E-state index contributed by atoms with van der Waals surface area (Å²) < 4.78 is 0. The maximum absolute atomic E-state index is 10.9. The number of likely N-dealkylation sites (N-methyl/N-ethyl adjacent to an activating group) is 1. The molecule has 0 rings (SSSR count). The van der Waals surface area contributed by atoms with Crippen LogP contribution >= 0.6 is 0 Å². The molecule has 0 saturated carbocycles. The molecule has 2 N–H and O–H groups in total. The highest BCUT2D eigenvalue weighted by atomic mass is 16.1. The Balaban J connectivity index is 4.02. The van der Waals surface area contributed by atoms with Gasteiger partial charge in [0.05, 0.1) is 6.04 Å². The summed E-state index contributed by atoms with van der Waals surface area (Å²) in [5.41, 5.74) is 5.24. The molecule has 0 spiro atoms. The second-order valence-corrected chi connectivity index (χ2v) is 3.66. The van der Waals surface area contributed by atoms with E-state index in [4.69, 9.17) is 5.73 Å². The Bertz CT molecular complexity index is 145. The molecule has 0 aromatic carbocycles. The minimum atomic E-state index is -0.222. The van der Waals surface area contributed by atoms with E-state index < -0.39 is 0 Å². The lowest BCUT2D eigenvalue weighted by Gasteiger charge is -2.25. The molecule has 3 heteroatoms. The van der Waals surface area contributed by atoms with Gasteiger partial charge in [-0.25, -0.2) is 0 Å². The Morgan fingerprint density at radius 2 is 2.00 bits per heavy atom. The van der Waals surface area contributed by atoms with Gasteiger partial charge < -0.3 is 5.73 Å². The Morgan fingerprint density at radius 3 is 2.25 bits per heavy atom. The molecule has 72 valence electrons. The SMILES string of the molecule is CCC(C(N)=O)N(C)CC(C)C. The van der Waals surface area contributed by atoms with Gasteiger partial charge in [0.2, 0.25) is 5.91 Å². The first-order valence-corrected chi connectivity index (χ1v) is 4.48. The lowest BCUT2D eigenvalue weighted by molar-refractivity contribution is -0.123. The molecule has 0 bridgehead atoms. The van der Waals surface area contributed by atoms with Gasteiger partial charge in [0.1, 0.15) is 0 Å². The first-order chi connectivity index (χ1) is 5.49. The predicted octanol–water partition coefficient (Wildman–Crippen LogP) is 0.838. The van der Waals surface area contributed by atoms with Crippen LogP contribution in [-0.2, 0) is 4.79 Å². The third kappa shape index (κ3) is 3.72. The number of rotatable bonds is 5. The van der Waals surface area contributed by atoms with Gasteiger partial charge in [0.25, 0.3) is 0 Å². The maximum Gasteiger partial charge on any atom is 0.234 e. The number of carbonyl (C=O) groups is 1. The fourth-order valence-corrected chi connectivity index (χ4v) is 1.43. The first-order valence-electron chi connectivity index (χ1n) is 4.48. The van der Waals surface area contributed by atoms with Crippen LogP contribution < -0.4 is 5.73 Å². The van der Waals surface area contributed by atoms with Crippen molar-refractivity contribution in [3.63, 3.8) is 0 Å². The first kappa shape index (κ1) is 11.4. The van der Waals surface area contributed by atoms with Crippen LogP contribution in [0.3, 0.4) is 0 Å². The minimum absolute atomic E-state index is 0.104. The van der Waals surface area contributed by atoms with Crippen LogP contribution in [0.5, 0.6) is 0 Å². The van der Waals surface area contributed by atoms with Gasteiger partial charge in [-0.05, 0) is 19.4 Å². The summed E-state index contributed by atoms with van der Waals surface area (Å²) in [5.74, 6) is 0.351. The Hall–Kier alpha value is -0.570. The van der Waals surface area contributed by atoms with Crippen LogP contribution in [0.25, 0.3) is 0 Å². The van der Waals surface area contributed by atoms with Crippen molar-refractivity contribution in [1.29, 1.82) is 0 Å². The molecule has 0 saturated heterocycles. The molecule has 1 amide bonds. The average Bonchev–Trinajstić information content (AvgIpc) is 1.85. The molecule has 0 aliphatic rings. The normalized spacial score (nSPS) is 13.8. The molecule has 12 heavy (non-hydrogen) atoms. The second-order valence-electron chi connectivity index (χ2n) is 3.66. The van der Waals surface area contributed by atoms with Gasteiger partial charge in [0.15, 0.2) is 0 Å². The van der Waals surface area contributed by atoms with Crippen molar-refractivity contribution in [2.45, 2.75) is 33.2 Å². The largest absolute Gasteiger partial charge is 0.368 e. The van der Waals surface area contributed by atoms with Gasteiger partial charge in [-0.1, -0.05) is 20.8 Å². The average molecular weight is 172 g/mol. The fraction of sp³-hybridized carbons (Fsp3) is 0.889. The van der Waals surface area contributed by atoms with E-state index in [1.165, 1.54) is 0 Å². The number of hydrogen-bond donors (Lipinski definition) is 1. The maximum atomic E-state index is 10.9. The lowest BCUT2D eigenvalue weighted by Crippen LogP contribution is -2.43. The highest BCUT2D eigenvalue weighted by Gasteiger charge is 2.18. The molecule has 0 aliphatic heterocycles. The van der Waals surface area contributed by atoms with Crippen LogP contribution in [0.2, 0.25) is 0 Å². The van der Waals surface area contributed by atoms with E-state index in [-0.39, 0.29) is 11.9 Å². The van der Waals surface area contributed by atoms with E-state index in [2.05, 4.69) is 13.8 Å². The summed E-state index contributed by atoms with van der Waals surface area (Å²) in [4.78, 5) is 13.0. The van der Waals surface area contributed by atoms with Crippen molar-refractivity contribution in [3.8, 4) is 0 Å². The lowest BCUT2D eigenvalue weighted by atomic mass is 10.1. The zero-order valence-electron chi connectivity index (χ0n) is 8.50. The zero-order valence-corrected chi connectivity index (χ0v) is 8.50. The van der Waals surface area contributed by atoms with Gasteiger partial charge in [-0.3, -0.25) is 9.69 Å². The number of hydrogen-bond acceptors (Lipinski definition) is 2. The molecular weight excluding hydrogens is 152 g/mol. The summed E-state index contributed by atoms with van der Waals surface area (Å²) in [6.07, 6.45) is 0.790. The molecule has 0 heterocycles. The van der Waals surface area contributed by atoms with Crippen molar-refractivity contribution in [2.24, 2.45) is 11.7 Å². The van der Waals surface area contributed by atoms with Gasteiger partial charge in [-0.15, -0.1) is 0 Å². The molecule has 0 aromatic heterocycles. The quantitative estimate of drug-likeness (QED) is 0.668. The van der Waals surface area contributed by atoms with E-state index in [0.717, 1.165) is 13.0 Å². The van der Waals surface area contributed by atoms with E-state index in [0.29, 0.717) is 5.92 Å². The van der Waals surface area contributed by atoms with Crippen molar-refractivity contribution >= 4 is 5.91 Å². The van der Waals surface area contributed by atoms with Crippen LogP contribution in [0, 0.1) is 5.92 Å². The van der Waals surface area contributed by atoms with Crippen molar-refractivity contribution in [1.82, 2.24) is 4.90 Å². The zero-order chi connectivity index (χ0) is 9.72. The molecule has 1 unspecified atom stereocenters. The summed E-state index contributed by atoms with van der Waals surface area (Å²) in [6, 6.07) is -0.104. The highest BCUT2D eigenvalue weighted by Crippen LogP contribution is 2.04. The monoisotopic (exact) mass is 172 g/mol. The molecule has 0 radical (unpaired) electrons.